The molecule has 1 aliphatic carbocycles. The number of alkyl carbamates (subject to hydrolysis) is 1. The Morgan fingerprint density at radius 3 is 2.09 bits per heavy atom. The number of nitrogens with one attached hydrogen (secondary N) is 4. The Labute approximate surface area is 317 Å². The van der Waals surface area contributed by atoms with Gasteiger partial charge in [0.05, 0.1) is 12.6 Å². The van der Waals surface area contributed by atoms with Crippen molar-refractivity contribution in [2.24, 2.45) is 11.8 Å². The van der Waals surface area contributed by atoms with Gasteiger partial charge >= 0.3 is 6.09 Å². The molecule has 54 heavy (non-hydrogen) atoms. The lowest BCUT2D eigenvalue weighted by Gasteiger charge is -2.32. The van der Waals surface area contributed by atoms with Crippen molar-refractivity contribution in [3.63, 3.8) is 0 Å². The van der Waals surface area contributed by atoms with Crippen molar-refractivity contribution in [2.45, 2.75) is 96.5 Å². The van der Waals surface area contributed by atoms with E-state index < -0.39 is 66.2 Å². The Kier molecular flexibility index (Phi) is 14.7. The number of rotatable bonds is 16. The van der Waals surface area contributed by atoms with Gasteiger partial charge in [-0.2, -0.15) is 0 Å². The summed E-state index contributed by atoms with van der Waals surface area (Å²) in [5, 5.41) is 10.4. The molecule has 4 N–H and O–H groups in total. The van der Waals surface area contributed by atoms with E-state index >= 15 is 0 Å². The number of amides is 6. The van der Waals surface area contributed by atoms with E-state index in [1.54, 1.807) is 58.3 Å². The van der Waals surface area contributed by atoms with Gasteiger partial charge in [0.15, 0.2) is 0 Å². The van der Waals surface area contributed by atoms with Gasteiger partial charge in [-0.25, -0.2) is 4.79 Å². The van der Waals surface area contributed by atoms with Crippen molar-refractivity contribution in [3.8, 4) is 0 Å². The first-order valence-corrected chi connectivity index (χ1v) is 18.7. The summed E-state index contributed by atoms with van der Waals surface area (Å²) in [6.07, 6.45) is 1.49. The van der Waals surface area contributed by atoms with Crippen LogP contribution in [0.15, 0.2) is 54.6 Å². The van der Waals surface area contributed by atoms with Gasteiger partial charge in [-0.05, 0) is 67.6 Å². The first kappa shape index (κ1) is 41.5. The van der Waals surface area contributed by atoms with Crippen LogP contribution in [0.2, 0.25) is 0 Å². The van der Waals surface area contributed by atoms with Crippen LogP contribution in [-0.4, -0.2) is 103 Å². The number of hydrogen-bond donors (Lipinski definition) is 4. The molecular weight excluding hydrogens is 692 g/mol. The maximum atomic E-state index is 14.3. The molecule has 14 heteroatoms. The van der Waals surface area contributed by atoms with Crippen LogP contribution >= 0.6 is 0 Å². The fourth-order valence-corrected chi connectivity index (χ4v) is 6.79. The van der Waals surface area contributed by atoms with Gasteiger partial charge < -0.3 is 35.8 Å². The number of hydrogen-bond acceptors (Lipinski definition) is 8. The van der Waals surface area contributed by atoms with E-state index in [1.807, 2.05) is 38.1 Å². The third-order valence-corrected chi connectivity index (χ3v) is 10.1. The first-order chi connectivity index (χ1) is 25.7. The molecule has 0 radical (unpaired) electrons. The molecular formula is C40H54N6O8. The summed E-state index contributed by atoms with van der Waals surface area (Å²) >= 11 is 0. The number of Topliss-reactive ketones (excluding diaryl/α,β-unsaturated/α-hetero) is 1. The number of likely N-dealkylation sites (N-methyl/N-ethyl adjacent to an activating group) is 1. The highest BCUT2D eigenvalue weighted by Gasteiger charge is 2.43. The van der Waals surface area contributed by atoms with Gasteiger partial charge in [0.1, 0.15) is 24.2 Å². The number of carbonyl (C=O) groups excluding carboxylic acids is 7. The summed E-state index contributed by atoms with van der Waals surface area (Å²) in [5.41, 5.74) is 2.74. The topological polar surface area (TPSA) is 183 Å². The number of nitrogens with zero attached hydrogens (tertiary/aromatic N) is 2. The molecule has 4 rings (SSSR count). The molecule has 14 nitrogen and oxygen atoms in total. The van der Waals surface area contributed by atoms with Crippen molar-refractivity contribution in [1.82, 2.24) is 31.1 Å². The molecule has 2 aliphatic rings. The number of likely N-dealkylation sites (tertiary alicyclic amines) is 1. The van der Waals surface area contributed by atoms with Crippen molar-refractivity contribution in [1.29, 1.82) is 0 Å². The number of ketones is 1. The summed E-state index contributed by atoms with van der Waals surface area (Å²) < 4.78 is 5.57. The Hall–Kier alpha value is -5.27. The van der Waals surface area contributed by atoms with Gasteiger partial charge in [-0.3, -0.25) is 28.8 Å². The summed E-state index contributed by atoms with van der Waals surface area (Å²) in [6, 6.07) is 12.4. The fourth-order valence-electron chi connectivity index (χ4n) is 6.79. The number of benzene rings is 2. The van der Waals surface area contributed by atoms with Crippen LogP contribution in [0, 0.1) is 11.8 Å². The molecule has 6 amide bonds. The lowest BCUT2D eigenvalue weighted by atomic mass is 9.95. The molecule has 1 heterocycles. The highest BCUT2D eigenvalue weighted by Crippen LogP contribution is 2.31. The predicted molar refractivity (Wildman–Crippen MR) is 201 cm³/mol. The molecule has 2 aromatic rings. The molecule has 2 aromatic carbocycles. The normalized spacial score (nSPS) is 17.4. The van der Waals surface area contributed by atoms with Crippen LogP contribution in [0.5, 0.6) is 0 Å². The summed E-state index contributed by atoms with van der Waals surface area (Å²) in [5.74, 6) is -4.28. The van der Waals surface area contributed by atoms with Crippen LogP contribution in [0.1, 0.15) is 76.1 Å². The van der Waals surface area contributed by atoms with Gasteiger partial charge in [0, 0.05) is 20.6 Å². The van der Waals surface area contributed by atoms with Crippen molar-refractivity contribution < 1.29 is 38.3 Å². The second-order valence-corrected chi connectivity index (χ2v) is 14.6. The maximum Gasteiger partial charge on any atom is 0.408 e. The van der Waals surface area contributed by atoms with E-state index in [0.29, 0.717) is 37.7 Å². The molecule has 0 spiro atoms. The van der Waals surface area contributed by atoms with Crippen LogP contribution in [0.25, 0.3) is 0 Å². The van der Waals surface area contributed by atoms with E-state index in [1.165, 1.54) is 9.80 Å². The molecule has 292 valence electrons. The largest absolute Gasteiger partial charge is 0.446 e. The minimum Gasteiger partial charge on any atom is -0.446 e. The SMILES string of the molecule is CCCC(NC(=O)[C@@H]1CCCN1C(=O)[C@@H](NC(=O)O[C@@H](C)C(C)C)C1Cc2ccccc2C1)C(=O)C(=O)NCC(=O)N[C@H](C(=O)N(C)C)c1ccccc1. The average Bonchev–Trinajstić information content (AvgIpc) is 3.82. The van der Waals surface area contributed by atoms with E-state index in [-0.39, 0.29) is 36.8 Å². The summed E-state index contributed by atoms with van der Waals surface area (Å²) in [7, 11) is 3.12. The minimum atomic E-state index is -1.21. The number of ether oxygens (including phenoxy) is 1. The Morgan fingerprint density at radius 1 is 0.870 bits per heavy atom. The van der Waals surface area contributed by atoms with Gasteiger partial charge in [-0.15, -0.1) is 0 Å². The lowest BCUT2D eigenvalue weighted by molar-refractivity contribution is -0.143. The molecule has 0 bridgehead atoms. The lowest BCUT2D eigenvalue weighted by Crippen LogP contribution is -2.58. The third kappa shape index (κ3) is 10.7. The molecule has 0 aromatic heterocycles. The van der Waals surface area contributed by atoms with Gasteiger partial charge in [0.25, 0.3) is 5.91 Å². The average molecular weight is 747 g/mol. The summed E-state index contributed by atoms with van der Waals surface area (Å²) in [6.45, 7) is 7.13. The van der Waals surface area contributed by atoms with E-state index in [2.05, 4.69) is 21.3 Å². The predicted octanol–water partition coefficient (Wildman–Crippen LogP) is 2.45. The fraction of sp³-hybridized carbons (Fsp3) is 0.525. The smallest absolute Gasteiger partial charge is 0.408 e. The standard InChI is InChI=1S/C40H54N6O8/c1-7-14-30(35(48)37(50)41-23-32(47)43-33(38(51)45(5)6)26-15-9-8-10-16-26)42-36(49)31-19-13-20-46(31)39(52)34(44-40(53)54-25(4)24(2)3)29-21-27-17-11-12-18-28(27)22-29/h8-12,15-18,24-25,29-31,33-34H,7,13-14,19-23H2,1-6H3,(H,41,50)(H,42,49)(H,43,47)(H,44,53)/t25-,30?,31-,33-,34-/m0/s1. The molecule has 1 aliphatic heterocycles. The van der Waals surface area contributed by atoms with Crippen molar-refractivity contribution in [3.05, 3.63) is 71.3 Å². The molecule has 1 unspecified atom stereocenters. The van der Waals surface area contributed by atoms with Crippen LogP contribution < -0.4 is 21.3 Å². The quantitative estimate of drug-likeness (QED) is 0.189. The second-order valence-electron chi connectivity index (χ2n) is 14.6. The van der Waals surface area contributed by atoms with Crippen molar-refractivity contribution in [2.75, 3.05) is 27.2 Å². The summed E-state index contributed by atoms with van der Waals surface area (Å²) in [4.78, 5) is 95.9. The Balaban J connectivity index is 1.41. The molecule has 1 saturated heterocycles. The van der Waals surface area contributed by atoms with E-state index in [9.17, 15) is 33.6 Å². The zero-order valence-corrected chi connectivity index (χ0v) is 32.1. The maximum absolute atomic E-state index is 14.3. The molecule has 0 saturated carbocycles. The van der Waals surface area contributed by atoms with Crippen molar-refractivity contribution >= 4 is 41.4 Å². The molecule has 1 fully saturated rings. The number of fused-ring (bicyclic) bond motifs is 1. The third-order valence-electron chi connectivity index (χ3n) is 10.1. The van der Waals surface area contributed by atoms with Gasteiger partial charge in [0.2, 0.25) is 29.4 Å². The van der Waals surface area contributed by atoms with E-state index in [0.717, 1.165) is 11.1 Å². The Bertz CT molecular complexity index is 1660. The highest BCUT2D eigenvalue weighted by molar-refractivity contribution is 6.38. The zero-order chi connectivity index (χ0) is 39.5. The van der Waals surface area contributed by atoms with Crippen LogP contribution in [-0.2, 0) is 46.3 Å². The highest BCUT2D eigenvalue weighted by atomic mass is 16.6. The van der Waals surface area contributed by atoms with Crippen LogP contribution in [0.3, 0.4) is 0 Å². The Morgan fingerprint density at radius 2 is 1.50 bits per heavy atom. The second kappa shape index (κ2) is 19.2. The minimum absolute atomic E-state index is 0.0658. The number of carbonyl (C=O) groups is 7. The van der Waals surface area contributed by atoms with Gasteiger partial charge in [-0.1, -0.05) is 81.8 Å². The first-order valence-electron chi connectivity index (χ1n) is 18.7. The van der Waals surface area contributed by atoms with Crippen LogP contribution in [0.4, 0.5) is 4.79 Å². The zero-order valence-electron chi connectivity index (χ0n) is 32.1. The monoisotopic (exact) mass is 746 g/mol. The molecule has 5 atom stereocenters. The van der Waals surface area contributed by atoms with E-state index in [4.69, 9.17) is 4.74 Å².